The minimum atomic E-state index is -0.891. The van der Waals surface area contributed by atoms with E-state index in [4.69, 9.17) is 4.74 Å². The number of hydrogen-bond acceptors (Lipinski definition) is 5. The molecule has 2 fully saturated rings. The van der Waals surface area contributed by atoms with Crippen molar-refractivity contribution < 1.29 is 19.1 Å². The van der Waals surface area contributed by atoms with Crippen LogP contribution in [0.1, 0.15) is 52.4 Å². The van der Waals surface area contributed by atoms with Crippen molar-refractivity contribution >= 4 is 23.8 Å². The molecule has 5 heteroatoms. The number of carbonyl (C=O) groups is 3. The maximum absolute atomic E-state index is 12.6. The number of ether oxygens (including phenoxy) is 1. The molecule has 0 saturated heterocycles. The predicted molar refractivity (Wildman–Crippen MR) is 82.8 cm³/mol. The summed E-state index contributed by atoms with van der Waals surface area (Å²) in [7, 11) is 1.27. The van der Waals surface area contributed by atoms with E-state index in [2.05, 4.69) is 4.99 Å². The van der Waals surface area contributed by atoms with E-state index >= 15 is 0 Å². The fourth-order valence-corrected chi connectivity index (χ4v) is 3.53. The Bertz CT molecular complexity index is 489. The van der Waals surface area contributed by atoms with Gasteiger partial charge in [0.05, 0.1) is 7.11 Å². The lowest BCUT2D eigenvalue weighted by atomic mass is 9.64. The first-order chi connectivity index (χ1) is 10.4. The molecule has 2 aliphatic carbocycles. The van der Waals surface area contributed by atoms with Crippen LogP contribution in [0.5, 0.6) is 0 Å². The second kappa shape index (κ2) is 6.71. The van der Waals surface area contributed by atoms with E-state index in [-0.39, 0.29) is 24.0 Å². The summed E-state index contributed by atoms with van der Waals surface area (Å²) in [6.45, 7) is 3.53. The van der Waals surface area contributed by atoms with Gasteiger partial charge in [-0.15, -0.1) is 0 Å². The second-order valence-corrected chi connectivity index (χ2v) is 7.06. The van der Waals surface area contributed by atoms with E-state index in [0.717, 1.165) is 25.7 Å². The van der Waals surface area contributed by atoms with E-state index < -0.39 is 23.2 Å². The summed E-state index contributed by atoms with van der Waals surface area (Å²) in [6, 6.07) is 0.209. The normalized spacial score (nSPS) is 29.8. The Kier molecular flexibility index (Phi) is 5.14. The van der Waals surface area contributed by atoms with Gasteiger partial charge >= 0.3 is 5.97 Å². The monoisotopic (exact) mass is 307 g/mol. The molecule has 2 saturated carbocycles. The van der Waals surface area contributed by atoms with Gasteiger partial charge < -0.3 is 4.74 Å². The summed E-state index contributed by atoms with van der Waals surface area (Å²) >= 11 is 0. The van der Waals surface area contributed by atoms with Crippen molar-refractivity contribution in [3.8, 4) is 0 Å². The van der Waals surface area contributed by atoms with Crippen molar-refractivity contribution in [1.29, 1.82) is 0 Å². The molecule has 0 aromatic rings. The minimum absolute atomic E-state index is 0.144. The van der Waals surface area contributed by atoms with E-state index in [9.17, 15) is 14.4 Å². The lowest BCUT2D eigenvalue weighted by Crippen LogP contribution is -2.50. The molecule has 0 aliphatic heterocycles. The number of rotatable bonds is 3. The van der Waals surface area contributed by atoms with E-state index in [0.29, 0.717) is 0 Å². The van der Waals surface area contributed by atoms with Crippen LogP contribution >= 0.6 is 0 Å². The van der Waals surface area contributed by atoms with Crippen molar-refractivity contribution in [1.82, 2.24) is 0 Å². The number of aliphatic imine (C=N–C) groups is 1. The molecule has 0 N–H and O–H groups in total. The lowest BCUT2D eigenvalue weighted by Gasteiger charge is -2.37. The number of hydrogen-bond donors (Lipinski definition) is 0. The molecule has 0 radical (unpaired) electrons. The zero-order valence-corrected chi connectivity index (χ0v) is 13.6. The van der Waals surface area contributed by atoms with E-state index in [1.165, 1.54) is 19.7 Å². The summed E-state index contributed by atoms with van der Waals surface area (Å²) < 4.78 is 4.76. The van der Waals surface area contributed by atoms with Crippen molar-refractivity contribution in [2.24, 2.45) is 22.2 Å². The standard InChI is InChI=1S/C17H25NO4/c1-17(2)9-13(19)12(15(20)14(17)16(21)22-3)10-18-11-7-5-4-6-8-11/h10-12,14H,4-9H2,1-3H3/t12-,14-/m1/s1. The Hall–Kier alpha value is -1.52. The number of ketones is 2. The Labute approximate surface area is 131 Å². The number of Topliss-reactive ketones (excluding diaryl/α,β-unsaturated/α-hetero) is 2. The highest BCUT2D eigenvalue weighted by molar-refractivity contribution is 6.21. The first-order valence-electron chi connectivity index (χ1n) is 8.04. The van der Waals surface area contributed by atoms with Gasteiger partial charge in [-0.05, 0) is 18.3 Å². The van der Waals surface area contributed by atoms with Crippen LogP contribution in [0.2, 0.25) is 0 Å². The van der Waals surface area contributed by atoms with Gasteiger partial charge in [-0.25, -0.2) is 0 Å². The van der Waals surface area contributed by atoms with Gasteiger partial charge in [0.2, 0.25) is 0 Å². The van der Waals surface area contributed by atoms with Gasteiger partial charge in [0.25, 0.3) is 0 Å². The van der Waals surface area contributed by atoms with Gasteiger partial charge in [-0.1, -0.05) is 33.1 Å². The Morgan fingerprint density at radius 2 is 1.86 bits per heavy atom. The molecule has 0 spiro atoms. The van der Waals surface area contributed by atoms with Gasteiger partial charge in [0.15, 0.2) is 5.78 Å². The van der Waals surface area contributed by atoms with Gasteiger partial charge in [-0.3, -0.25) is 19.4 Å². The summed E-state index contributed by atoms with van der Waals surface area (Å²) in [4.78, 5) is 41.3. The van der Waals surface area contributed by atoms with Crippen LogP contribution in [-0.2, 0) is 19.1 Å². The van der Waals surface area contributed by atoms with Gasteiger partial charge in [0, 0.05) is 18.7 Å². The molecule has 2 rings (SSSR count). The molecule has 0 amide bonds. The van der Waals surface area contributed by atoms with Gasteiger partial charge in [-0.2, -0.15) is 0 Å². The Balaban J connectivity index is 2.16. The predicted octanol–water partition coefficient (Wildman–Crippen LogP) is 2.36. The molecular weight excluding hydrogens is 282 g/mol. The molecule has 0 bridgehead atoms. The molecule has 0 unspecified atom stereocenters. The van der Waals surface area contributed by atoms with Crippen molar-refractivity contribution in [2.45, 2.75) is 58.4 Å². The molecule has 0 heterocycles. The number of carbonyl (C=O) groups excluding carboxylic acids is 3. The van der Waals surface area contributed by atoms with Crippen molar-refractivity contribution in [3.63, 3.8) is 0 Å². The van der Waals surface area contributed by atoms with Crippen LogP contribution in [-0.4, -0.2) is 36.9 Å². The summed E-state index contributed by atoms with van der Waals surface area (Å²) in [5.74, 6) is -2.85. The second-order valence-electron chi connectivity index (χ2n) is 7.06. The highest BCUT2D eigenvalue weighted by Crippen LogP contribution is 2.39. The third-order valence-electron chi connectivity index (χ3n) is 4.81. The first kappa shape index (κ1) is 16.8. The zero-order chi connectivity index (χ0) is 16.3. The maximum atomic E-state index is 12.6. The molecular formula is C17H25NO4. The van der Waals surface area contributed by atoms with Crippen molar-refractivity contribution in [2.75, 3.05) is 7.11 Å². The fraction of sp³-hybridized carbons (Fsp3) is 0.765. The maximum Gasteiger partial charge on any atom is 0.316 e. The van der Waals surface area contributed by atoms with Crippen LogP contribution < -0.4 is 0 Å². The smallest absolute Gasteiger partial charge is 0.316 e. The topological polar surface area (TPSA) is 72.8 Å². The number of nitrogens with zero attached hydrogens (tertiary/aromatic N) is 1. The largest absolute Gasteiger partial charge is 0.468 e. The third kappa shape index (κ3) is 3.45. The average molecular weight is 307 g/mol. The molecule has 122 valence electrons. The highest BCUT2D eigenvalue weighted by atomic mass is 16.5. The average Bonchev–Trinajstić information content (AvgIpc) is 2.46. The number of methoxy groups -OCH3 is 1. The minimum Gasteiger partial charge on any atom is -0.468 e. The first-order valence-corrected chi connectivity index (χ1v) is 8.04. The van der Waals surface area contributed by atoms with E-state index in [1.807, 2.05) is 0 Å². The molecule has 5 nitrogen and oxygen atoms in total. The van der Waals surface area contributed by atoms with Crippen LogP contribution in [0.4, 0.5) is 0 Å². The highest BCUT2D eigenvalue weighted by Gasteiger charge is 2.51. The Morgan fingerprint density at radius 1 is 1.23 bits per heavy atom. The summed E-state index contributed by atoms with van der Waals surface area (Å²) in [5.41, 5.74) is -0.698. The van der Waals surface area contributed by atoms with Crippen LogP contribution in [0.3, 0.4) is 0 Å². The number of esters is 1. The van der Waals surface area contributed by atoms with Crippen LogP contribution in [0.15, 0.2) is 4.99 Å². The van der Waals surface area contributed by atoms with E-state index in [1.54, 1.807) is 13.8 Å². The SMILES string of the molecule is COC(=O)[C@H]1C(=O)[C@H](C=NC2CCCCC2)C(=O)CC1(C)C. The lowest BCUT2D eigenvalue weighted by molar-refractivity contribution is -0.159. The third-order valence-corrected chi connectivity index (χ3v) is 4.81. The molecule has 2 atom stereocenters. The van der Waals surface area contributed by atoms with Crippen LogP contribution in [0.25, 0.3) is 0 Å². The van der Waals surface area contributed by atoms with Gasteiger partial charge in [0.1, 0.15) is 17.6 Å². The molecule has 22 heavy (non-hydrogen) atoms. The molecule has 0 aromatic heterocycles. The zero-order valence-electron chi connectivity index (χ0n) is 13.6. The summed E-state index contributed by atoms with van der Waals surface area (Å²) in [6.07, 6.45) is 7.23. The quantitative estimate of drug-likeness (QED) is 0.456. The Morgan fingerprint density at radius 3 is 2.45 bits per heavy atom. The van der Waals surface area contributed by atoms with Crippen LogP contribution in [0, 0.1) is 17.3 Å². The summed E-state index contributed by atoms with van der Waals surface area (Å²) in [5, 5.41) is 0. The van der Waals surface area contributed by atoms with Crippen molar-refractivity contribution in [3.05, 3.63) is 0 Å². The molecule has 2 aliphatic rings. The fourth-order valence-electron chi connectivity index (χ4n) is 3.53. The molecule has 0 aromatic carbocycles.